The number of hydrogen-bond donors (Lipinski definition) is 0. The van der Waals surface area contributed by atoms with Crippen molar-refractivity contribution in [3.63, 3.8) is 0 Å². The van der Waals surface area contributed by atoms with Crippen LogP contribution in [0.4, 0.5) is 0 Å². The van der Waals surface area contributed by atoms with Crippen LogP contribution in [0, 0.1) is 0 Å². The molecule has 1 nitrogen and oxygen atoms in total. The number of rotatable bonds is 5. The zero-order chi connectivity index (χ0) is 13.3. The van der Waals surface area contributed by atoms with Crippen LogP contribution < -0.4 is 0 Å². The molecule has 0 fully saturated rings. The van der Waals surface area contributed by atoms with E-state index in [9.17, 15) is 4.79 Å². The highest BCUT2D eigenvalue weighted by Crippen LogP contribution is 2.04. The normalized spacial score (nSPS) is 11.2. The zero-order valence-electron chi connectivity index (χ0n) is 10.7. The maximum absolute atomic E-state index is 11.7. The molecule has 0 aromatic heterocycles. The van der Waals surface area contributed by atoms with E-state index in [-0.39, 0.29) is 5.78 Å². The van der Waals surface area contributed by atoms with Gasteiger partial charge < -0.3 is 0 Å². The van der Waals surface area contributed by atoms with E-state index < -0.39 is 0 Å². The minimum absolute atomic E-state index is 0.107. The van der Waals surface area contributed by atoms with Gasteiger partial charge in [-0.3, -0.25) is 4.79 Å². The molecular weight excluding hydrogens is 232 g/mol. The van der Waals surface area contributed by atoms with Crippen molar-refractivity contribution in [2.45, 2.75) is 6.42 Å². The Bertz CT molecular complexity index is 565. The summed E-state index contributed by atoms with van der Waals surface area (Å²) in [5, 5.41) is 0. The number of ketones is 1. The third-order valence-electron chi connectivity index (χ3n) is 2.69. The van der Waals surface area contributed by atoms with Crippen molar-refractivity contribution in [2.24, 2.45) is 0 Å². The summed E-state index contributed by atoms with van der Waals surface area (Å²) in [4.78, 5) is 11.7. The van der Waals surface area contributed by atoms with Gasteiger partial charge in [0.1, 0.15) is 0 Å². The summed E-state index contributed by atoms with van der Waals surface area (Å²) in [6, 6.07) is 19.8. The summed E-state index contributed by atoms with van der Waals surface area (Å²) < 4.78 is 0. The third-order valence-corrected chi connectivity index (χ3v) is 2.69. The average molecular weight is 248 g/mol. The molecule has 0 saturated carbocycles. The van der Waals surface area contributed by atoms with Crippen molar-refractivity contribution in [1.29, 1.82) is 0 Å². The number of hydrogen-bond acceptors (Lipinski definition) is 1. The summed E-state index contributed by atoms with van der Waals surface area (Å²) in [5.74, 6) is 0.107. The molecule has 0 atom stereocenters. The highest BCUT2D eigenvalue weighted by atomic mass is 16.1. The van der Waals surface area contributed by atoms with Gasteiger partial charge in [-0.1, -0.05) is 78.9 Å². The molecule has 0 N–H and O–H groups in total. The lowest BCUT2D eigenvalue weighted by Crippen LogP contribution is -1.88. The standard InChI is InChI=1S/C18H16O/c19-18(15-14-17-10-5-2-6-11-17)13-7-12-16-8-3-1-4-9-16/h1-12,14-15H,13H2. The second-order valence-electron chi connectivity index (χ2n) is 4.23. The van der Waals surface area contributed by atoms with Crippen LogP contribution in [0.5, 0.6) is 0 Å². The van der Waals surface area contributed by atoms with Crippen LogP contribution in [-0.2, 0) is 4.79 Å². The Kier molecular flexibility index (Phi) is 4.88. The number of carbonyl (C=O) groups excluding carboxylic acids is 1. The van der Waals surface area contributed by atoms with E-state index >= 15 is 0 Å². The number of carbonyl (C=O) groups is 1. The summed E-state index contributed by atoms with van der Waals surface area (Å²) >= 11 is 0. The molecule has 0 heterocycles. The van der Waals surface area contributed by atoms with Gasteiger partial charge in [-0.25, -0.2) is 0 Å². The minimum Gasteiger partial charge on any atom is -0.295 e. The fourth-order valence-electron chi connectivity index (χ4n) is 1.70. The van der Waals surface area contributed by atoms with Gasteiger partial charge in [0.2, 0.25) is 0 Å². The first-order valence-electron chi connectivity index (χ1n) is 6.32. The van der Waals surface area contributed by atoms with E-state index in [0.717, 1.165) is 11.1 Å². The van der Waals surface area contributed by atoms with Crippen LogP contribution in [0.2, 0.25) is 0 Å². The molecule has 0 spiro atoms. The van der Waals surface area contributed by atoms with Crippen molar-refractivity contribution in [1.82, 2.24) is 0 Å². The van der Waals surface area contributed by atoms with Crippen LogP contribution in [0.25, 0.3) is 12.2 Å². The zero-order valence-corrected chi connectivity index (χ0v) is 10.7. The van der Waals surface area contributed by atoms with Gasteiger partial charge >= 0.3 is 0 Å². The van der Waals surface area contributed by atoms with Crippen molar-refractivity contribution >= 4 is 17.9 Å². The Morgan fingerprint density at radius 1 is 0.789 bits per heavy atom. The minimum atomic E-state index is 0.107. The Hall–Kier alpha value is -2.41. The van der Waals surface area contributed by atoms with Crippen molar-refractivity contribution < 1.29 is 4.79 Å². The van der Waals surface area contributed by atoms with Crippen molar-refractivity contribution in [2.75, 3.05) is 0 Å². The molecule has 1 heteroatoms. The van der Waals surface area contributed by atoms with E-state index in [1.54, 1.807) is 6.08 Å². The molecule has 0 radical (unpaired) electrons. The molecule has 2 rings (SSSR count). The van der Waals surface area contributed by atoms with Crippen molar-refractivity contribution in [3.8, 4) is 0 Å². The van der Waals surface area contributed by atoms with E-state index in [1.807, 2.05) is 78.9 Å². The van der Waals surface area contributed by atoms with E-state index in [4.69, 9.17) is 0 Å². The Morgan fingerprint density at radius 2 is 1.32 bits per heavy atom. The SMILES string of the molecule is O=C(C=Cc1ccccc1)CC=Cc1ccccc1. The summed E-state index contributed by atoms with van der Waals surface area (Å²) in [5.41, 5.74) is 2.16. The second kappa shape index (κ2) is 7.12. The van der Waals surface area contributed by atoms with Crippen LogP contribution in [0.15, 0.2) is 72.8 Å². The van der Waals surface area contributed by atoms with E-state index in [0.29, 0.717) is 6.42 Å². The van der Waals surface area contributed by atoms with Crippen LogP contribution in [-0.4, -0.2) is 5.78 Å². The van der Waals surface area contributed by atoms with Crippen molar-refractivity contribution in [3.05, 3.63) is 83.9 Å². The van der Waals surface area contributed by atoms with Gasteiger partial charge in [-0.15, -0.1) is 0 Å². The Labute approximate surface area is 113 Å². The van der Waals surface area contributed by atoms with Gasteiger partial charge in [0, 0.05) is 6.42 Å². The molecule has 2 aromatic carbocycles. The first-order chi connectivity index (χ1) is 9.34. The van der Waals surface area contributed by atoms with Crippen LogP contribution in [0.3, 0.4) is 0 Å². The largest absolute Gasteiger partial charge is 0.295 e. The highest BCUT2D eigenvalue weighted by molar-refractivity contribution is 5.94. The lowest BCUT2D eigenvalue weighted by Gasteiger charge is -1.92. The molecule has 0 aliphatic rings. The third kappa shape index (κ3) is 4.76. The first-order valence-corrected chi connectivity index (χ1v) is 6.32. The fraction of sp³-hybridized carbons (Fsp3) is 0.0556. The predicted molar refractivity (Wildman–Crippen MR) is 80.6 cm³/mol. The van der Waals surface area contributed by atoms with Crippen LogP contribution >= 0.6 is 0 Å². The smallest absolute Gasteiger partial charge is 0.159 e. The first kappa shape index (κ1) is 13.0. The van der Waals surface area contributed by atoms with Crippen LogP contribution in [0.1, 0.15) is 17.5 Å². The Morgan fingerprint density at radius 3 is 1.89 bits per heavy atom. The molecule has 0 aliphatic heterocycles. The molecule has 0 saturated heterocycles. The molecule has 19 heavy (non-hydrogen) atoms. The number of allylic oxidation sites excluding steroid dienone is 2. The second-order valence-corrected chi connectivity index (χ2v) is 4.23. The topological polar surface area (TPSA) is 17.1 Å². The molecule has 2 aromatic rings. The summed E-state index contributed by atoms with van der Waals surface area (Å²) in [6.07, 6.45) is 7.77. The number of benzene rings is 2. The van der Waals surface area contributed by atoms with Gasteiger partial charge in [-0.2, -0.15) is 0 Å². The molecule has 0 amide bonds. The molecule has 0 unspecified atom stereocenters. The summed E-state index contributed by atoms with van der Waals surface area (Å²) in [7, 11) is 0. The van der Waals surface area contributed by atoms with Gasteiger partial charge in [0.25, 0.3) is 0 Å². The molecular formula is C18H16O. The lowest BCUT2D eigenvalue weighted by molar-refractivity contribution is -0.113. The van der Waals surface area contributed by atoms with E-state index in [1.165, 1.54) is 0 Å². The quantitative estimate of drug-likeness (QED) is 0.718. The predicted octanol–water partition coefficient (Wildman–Crippen LogP) is 4.37. The fourth-order valence-corrected chi connectivity index (χ4v) is 1.70. The summed E-state index contributed by atoms with van der Waals surface area (Å²) in [6.45, 7) is 0. The molecule has 0 aliphatic carbocycles. The maximum atomic E-state index is 11.7. The molecule has 94 valence electrons. The van der Waals surface area contributed by atoms with Gasteiger partial charge in [-0.05, 0) is 17.2 Å². The van der Waals surface area contributed by atoms with Gasteiger partial charge in [0.15, 0.2) is 5.78 Å². The average Bonchev–Trinajstić information content (AvgIpc) is 2.47. The molecule has 0 bridgehead atoms. The maximum Gasteiger partial charge on any atom is 0.159 e. The van der Waals surface area contributed by atoms with E-state index in [2.05, 4.69) is 0 Å². The Balaban J connectivity index is 1.85. The highest BCUT2D eigenvalue weighted by Gasteiger charge is 1.92. The van der Waals surface area contributed by atoms with Gasteiger partial charge in [0.05, 0.1) is 0 Å². The lowest BCUT2D eigenvalue weighted by atomic mass is 10.1. The monoisotopic (exact) mass is 248 g/mol.